The van der Waals surface area contributed by atoms with Crippen LogP contribution >= 0.6 is 0 Å². The first-order valence-corrected chi connectivity index (χ1v) is 8.67. The number of hydrogen-bond donors (Lipinski definition) is 0. The molecule has 1 aliphatic heterocycles. The van der Waals surface area contributed by atoms with E-state index in [0.717, 1.165) is 30.0 Å². The number of carbonyl (C=O) groups excluding carboxylic acids is 1. The molecule has 0 aliphatic carbocycles. The van der Waals surface area contributed by atoms with Crippen LogP contribution in [0.5, 0.6) is 11.5 Å². The predicted octanol–water partition coefficient (Wildman–Crippen LogP) is 3.15. The molecular weight excluding hydrogens is 316 g/mol. The Balaban J connectivity index is 1.42. The van der Waals surface area contributed by atoms with Crippen LogP contribution in [0.4, 0.5) is 0 Å². The lowest BCUT2D eigenvalue weighted by molar-refractivity contribution is -0.135. The van der Waals surface area contributed by atoms with E-state index in [1.54, 1.807) is 6.20 Å². The Kier molecular flexibility index (Phi) is 5.53. The van der Waals surface area contributed by atoms with Crippen LogP contribution in [0.25, 0.3) is 0 Å². The monoisotopic (exact) mass is 340 g/mol. The summed E-state index contributed by atoms with van der Waals surface area (Å²) in [6, 6.07) is 11.6. The summed E-state index contributed by atoms with van der Waals surface area (Å²) in [5.74, 6) is 1.54. The van der Waals surface area contributed by atoms with Crippen LogP contribution in [0.2, 0.25) is 0 Å². The summed E-state index contributed by atoms with van der Waals surface area (Å²) in [7, 11) is 0. The summed E-state index contributed by atoms with van der Waals surface area (Å²) in [5, 5.41) is 0. The van der Waals surface area contributed by atoms with Gasteiger partial charge >= 0.3 is 0 Å². The average molecular weight is 340 g/mol. The minimum absolute atomic E-state index is 0.0241. The molecular formula is C20H24N2O3. The number of aryl methyl sites for hydroxylation is 2. The summed E-state index contributed by atoms with van der Waals surface area (Å²) in [4.78, 5) is 18.4. The van der Waals surface area contributed by atoms with Gasteiger partial charge in [-0.25, -0.2) is 0 Å². The number of ether oxygens (including phenoxy) is 2. The molecule has 1 saturated heterocycles. The lowest BCUT2D eigenvalue weighted by Crippen LogP contribution is -2.43. The lowest BCUT2D eigenvalue weighted by atomic mass is 10.1. The van der Waals surface area contributed by atoms with Gasteiger partial charge in [-0.1, -0.05) is 17.7 Å². The highest BCUT2D eigenvalue weighted by Crippen LogP contribution is 2.19. The minimum atomic E-state index is 0.0241. The van der Waals surface area contributed by atoms with Crippen molar-refractivity contribution in [1.29, 1.82) is 0 Å². The summed E-state index contributed by atoms with van der Waals surface area (Å²) in [6.45, 7) is 5.44. The number of pyridine rings is 1. The molecule has 1 fully saturated rings. The number of likely N-dealkylation sites (tertiary alicyclic amines) is 1. The van der Waals surface area contributed by atoms with Gasteiger partial charge in [-0.15, -0.1) is 0 Å². The Labute approximate surface area is 148 Å². The van der Waals surface area contributed by atoms with Crippen molar-refractivity contribution in [3.05, 3.63) is 53.9 Å². The molecule has 25 heavy (non-hydrogen) atoms. The van der Waals surface area contributed by atoms with Gasteiger partial charge in [-0.2, -0.15) is 0 Å². The Morgan fingerprint density at radius 3 is 2.40 bits per heavy atom. The van der Waals surface area contributed by atoms with Gasteiger partial charge in [0.2, 0.25) is 0 Å². The predicted molar refractivity (Wildman–Crippen MR) is 95.9 cm³/mol. The van der Waals surface area contributed by atoms with E-state index in [2.05, 4.69) is 4.98 Å². The van der Waals surface area contributed by atoms with Crippen molar-refractivity contribution in [3.63, 3.8) is 0 Å². The van der Waals surface area contributed by atoms with E-state index in [-0.39, 0.29) is 18.6 Å². The third-order valence-electron chi connectivity index (χ3n) is 4.36. The molecule has 1 amide bonds. The molecule has 5 nitrogen and oxygen atoms in total. The third kappa shape index (κ3) is 4.95. The van der Waals surface area contributed by atoms with Crippen molar-refractivity contribution in [2.24, 2.45) is 0 Å². The minimum Gasteiger partial charge on any atom is -0.489 e. The number of carbonyl (C=O) groups is 1. The second-order valence-corrected chi connectivity index (χ2v) is 6.44. The molecule has 3 rings (SSSR count). The van der Waals surface area contributed by atoms with Crippen LogP contribution in [-0.4, -0.2) is 41.6 Å². The molecule has 132 valence electrons. The van der Waals surface area contributed by atoms with Gasteiger partial charge in [0.15, 0.2) is 6.61 Å². The van der Waals surface area contributed by atoms with Gasteiger partial charge in [0, 0.05) is 31.6 Å². The van der Waals surface area contributed by atoms with Crippen LogP contribution in [-0.2, 0) is 4.79 Å². The average Bonchev–Trinajstić information content (AvgIpc) is 2.63. The Morgan fingerprint density at radius 1 is 1.08 bits per heavy atom. The van der Waals surface area contributed by atoms with E-state index >= 15 is 0 Å². The Bertz CT molecular complexity index is 690. The molecule has 2 heterocycles. The second-order valence-electron chi connectivity index (χ2n) is 6.44. The molecule has 0 atom stereocenters. The van der Waals surface area contributed by atoms with Gasteiger partial charge in [-0.05, 0) is 38.1 Å². The van der Waals surface area contributed by atoms with Crippen molar-refractivity contribution in [2.45, 2.75) is 32.8 Å². The molecule has 0 radical (unpaired) electrons. The highest BCUT2D eigenvalue weighted by molar-refractivity contribution is 5.77. The van der Waals surface area contributed by atoms with Crippen LogP contribution in [0.15, 0.2) is 42.6 Å². The summed E-state index contributed by atoms with van der Waals surface area (Å²) >= 11 is 0. The fourth-order valence-corrected chi connectivity index (χ4v) is 2.81. The molecule has 0 N–H and O–H groups in total. The SMILES string of the molecule is Cc1ccc(OCC(=O)N2CCC(Oc3ccc(C)nc3)CC2)cc1. The summed E-state index contributed by atoms with van der Waals surface area (Å²) in [6.07, 6.45) is 3.53. The smallest absolute Gasteiger partial charge is 0.260 e. The Hall–Kier alpha value is -2.56. The maximum absolute atomic E-state index is 12.3. The first kappa shape index (κ1) is 17.3. The number of nitrogens with zero attached hydrogens (tertiary/aromatic N) is 2. The fraction of sp³-hybridized carbons (Fsp3) is 0.400. The summed E-state index contributed by atoms with van der Waals surface area (Å²) in [5.41, 5.74) is 2.14. The molecule has 0 spiro atoms. The maximum Gasteiger partial charge on any atom is 0.260 e. The van der Waals surface area contributed by atoms with Crippen LogP contribution < -0.4 is 9.47 Å². The number of piperidine rings is 1. The van der Waals surface area contributed by atoms with Crippen molar-refractivity contribution < 1.29 is 14.3 Å². The van der Waals surface area contributed by atoms with E-state index in [1.165, 1.54) is 5.56 Å². The highest BCUT2D eigenvalue weighted by Gasteiger charge is 2.24. The maximum atomic E-state index is 12.3. The molecule has 1 aromatic heterocycles. The normalized spacial score (nSPS) is 15.0. The molecule has 1 aromatic carbocycles. The van der Waals surface area contributed by atoms with E-state index in [4.69, 9.17) is 9.47 Å². The quantitative estimate of drug-likeness (QED) is 0.839. The van der Waals surface area contributed by atoms with Crippen molar-refractivity contribution in [1.82, 2.24) is 9.88 Å². The number of rotatable bonds is 5. The molecule has 2 aromatic rings. The number of amides is 1. The largest absolute Gasteiger partial charge is 0.489 e. The van der Waals surface area contributed by atoms with E-state index < -0.39 is 0 Å². The van der Waals surface area contributed by atoms with Gasteiger partial charge < -0.3 is 14.4 Å². The summed E-state index contributed by atoms with van der Waals surface area (Å²) < 4.78 is 11.5. The van der Waals surface area contributed by atoms with Crippen molar-refractivity contribution >= 4 is 5.91 Å². The first-order valence-electron chi connectivity index (χ1n) is 8.67. The fourth-order valence-electron chi connectivity index (χ4n) is 2.81. The van der Waals surface area contributed by atoms with Gasteiger partial charge in [-0.3, -0.25) is 9.78 Å². The third-order valence-corrected chi connectivity index (χ3v) is 4.36. The first-order chi connectivity index (χ1) is 12.1. The molecule has 1 aliphatic rings. The molecule has 0 unspecified atom stereocenters. The van der Waals surface area contributed by atoms with Crippen LogP contribution in [0, 0.1) is 13.8 Å². The zero-order valence-corrected chi connectivity index (χ0v) is 14.8. The number of hydrogen-bond acceptors (Lipinski definition) is 4. The lowest BCUT2D eigenvalue weighted by Gasteiger charge is -2.32. The zero-order valence-electron chi connectivity index (χ0n) is 14.8. The van der Waals surface area contributed by atoms with Gasteiger partial charge in [0.1, 0.15) is 17.6 Å². The molecule has 0 saturated carbocycles. The second kappa shape index (κ2) is 8.01. The zero-order chi connectivity index (χ0) is 17.6. The molecule has 0 bridgehead atoms. The van der Waals surface area contributed by atoms with E-state index in [0.29, 0.717) is 13.1 Å². The van der Waals surface area contributed by atoms with Gasteiger partial charge in [0.05, 0.1) is 6.20 Å². The highest BCUT2D eigenvalue weighted by atomic mass is 16.5. The van der Waals surface area contributed by atoms with Crippen molar-refractivity contribution in [2.75, 3.05) is 19.7 Å². The van der Waals surface area contributed by atoms with E-state index in [1.807, 2.05) is 55.1 Å². The van der Waals surface area contributed by atoms with Crippen LogP contribution in [0.3, 0.4) is 0 Å². The Morgan fingerprint density at radius 2 is 1.76 bits per heavy atom. The molecule has 5 heteroatoms. The standard InChI is InChI=1S/C20H24N2O3/c1-15-3-6-17(7-4-15)24-14-20(23)22-11-9-18(10-12-22)25-19-8-5-16(2)21-13-19/h3-8,13,18H,9-12,14H2,1-2H3. The number of aromatic nitrogens is 1. The van der Waals surface area contributed by atoms with Gasteiger partial charge in [0.25, 0.3) is 5.91 Å². The van der Waals surface area contributed by atoms with E-state index in [9.17, 15) is 4.79 Å². The van der Waals surface area contributed by atoms with Crippen molar-refractivity contribution in [3.8, 4) is 11.5 Å². The van der Waals surface area contributed by atoms with Crippen LogP contribution in [0.1, 0.15) is 24.1 Å². The topological polar surface area (TPSA) is 51.7 Å². The number of benzene rings is 1.